The molecule has 2 aromatic rings. The molecule has 0 radical (unpaired) electrons. The predicted molar refractivity (Wildman–Crippen MR) is 80.3 cm³/mol. The van der Waals surface area contributed by atoms with Gasteiger partial charge in [0.15, 0.2) is 5.82 Å². The van der Waals surface area contributed by atoms with Crippen LogP contribution in [-0.2, 0) is 24.5 Å². The van der Waals surface area contributed by atoms with Crippen molar-refractivity contribution in [3.8, 4) is 0 Å². The number of aromatic nitrogens is 2. The van der Waals surface area contributed by atoms with Crippen molar-refractivity contribution >= 4 is 11.8 Å². The van der Waals surface area contributed by atoms with Crippen LogP contribution in [0.1, 0.15) is 42.6 Å². The first kappa shape index (κ1) is 15.1. The first-order chi connectivity index (χ1) is 9.81. The molecule has 1 N–H and O–H groups in total. The molecule has 1 heterocycles. The number of hydrogen-bond donors (Lipinski definition) is 1. The first-order valence-electron chi connectivity index (χ1n) is 6.89. The standard InChI is InChI=1S/C15H20N2O2S/c1-2-3-4-14-16-15(19-17-14)11-20-10-13-7-5-12(9-18)6-8-13/h5-8,18H,2-4,9-11H2,1H3. The van der Waals surface area contributed by atoms with Gasteiger partial charge >= 0.3 is 0 Å². The molecule has 0 saturated heterocycles. The van der Waals surface area contributed by atoms with Gasteiger partial charge in [-0.05, 0) is 17.5 Å². The highest BCUT2D eigenvalue weighted by Crippen LogP contribution is 2.17. The quantitative estimate of drug-likeness (QED) is 0.808. The minimum absolute atomic E-state index is 0.0932. The summed E-state index contributed by atoms with van der Waals surface area (Å²) in [4.78, 5) is 4.37. The molecule has 0 bridgehead atoms. The van der Waals surface area contributed by atoms with E-state index in [4.69, 9.17) is 9.63 Å². The molecule has 0 spiro atoms. The third-order valence-corrected chi connectivity index (χ3v) is 3.95. The van der Waals surface area contributed by atoms with Crippen molar-refractivity contribution in [2.24, 2.45) is 0 Å². The molecule has 0 unspecified atom stereocenters. The van der Waals surface area contributed by atoms with E-state index in [1.165, 1.54) is 5.56 Å². The van der Waals surface area contributed by atoms with Gasteiger partial charge in [0.1, 0.15) is 0 Å². The molecule has 4 nitrogen and oxygen atoms in total. The Morgan fingerprint density at radius 2 is 1.90 bits per heavy atom. The van der Waals surface area contributed by atoms with E-state index in [0.717, 1.165) is 42.2 Å². The minimum atomic E-state index is 0.0932. The largest absolute Gasteiger partial charge is 0.392 e. The highest BCUT2D eigenvalue weighted by atomic mass is 32.2. The van der Waals surface area contributed by atoms with E-state index in [1.807, 2.05) is 24.3 Å². The fraction of sp³-hybridized carbons (Fsp3) is 0.467. The van der Waals surface area contributed by atoms with Gasteiger partial charge in [0.05, 0.1) is 12.4 Å². The molecule has 0 saturated carbocycles. The molecule has 1 aromatic carbocycles. The number of benzene rings is 1. The number of aliphatic hydroxyl groups is 1. The number of rotatable bonds is 8. The van der Waals surface area contributed by atoms with Gasteiger partial charge in [-0.1, -0.05) is 42.8 Å². The Balaban J connectivity index is 1.75. The molecule has 0 aliphatic carbocycles. The molecule has 0 amide bonds. The Bertz CT molecular complexity index is 511. The van der Waals surface area contributed by atoms with E-state index in [2.05, 4.69) is 17.1 Å². The van der Waals surface area contributed by atoms with Crippen LogP contribution in [-0.4, -0.2) is 15.2 Å². The zero-order chi connectivity index (χ0) is 14.2. The molecule has 20 heavy (non-hydrogen) atoms. The normalized spacial score (nSPS) is 10.9. The summed E-state index contributed by atoms with van der Waals surface area (Å²) in [5, 5.41) is 13.0. The van der Waals surface area contributed by atoms with Gasteiger partial charge in [-0.3, -0.25) is 0 Å². The van der Waals surface area contributed by atoms with Crippen molar-refractivity contribution in [1.82, 2.24) is 10.1 Å². The van der Waals surface area contributed by atoms with Crippen molar-refractivity contribution in [1.29, 1.82) is 0 Å². The van der Waals surface area contributed by atoms with Gasteiger partial charge < -0.3 is 9.63 Å². The molecule has 5 heteroatoms. The Labute approximate surface area is 123 Å². The van der Waals surface area contributed by atoms with Gasteiger partial charge in [0.25, 0.3) is 0 Å². The molecule has 0 atom stereocenters. The molecule has 0 aliphatic rings. The van der Waals surface area contributed by atoms with Gasteiger partial charge in [-0.25, -0.2) is 0 Å². The van der Waals surface area contributed by atoms with Crippen LogP contribution in [0, 0.1) is 0 Å². The topological polar surface area (TPSA) is 59.2 Å². The zero-order valence-corrected chi connectivity index (χ0v) is 12.5. The summed E-state index contributed by atoms with van der Waals surface area (Å²) in [6.07, 6.45) is 3.14. The summed E-state index contributed by atoms with van der Waals surface area (Å²) >= 11 is 1.75. The third kappa shape index (κ3) is 4.65. The molecular formula is C15H20N2O2S. The SMILES string of the molecule is CCCCc1noc(CSCc2ccc(CO)cc2)n1. The summed E-state index contributed by atoms with van der Waals surface area (Å²) in [7, 11) is 0. The van der Waals surface area contributed by atoms with E-state index in [9.17, 15) is 0 Å². The van der Waals surface area contributed by atoms with Crippen molar-refractivity contribution in [2.75, 3.05) is 0 Å². The van der Waals surface area contributed by atoms with Crippen LogP contribution >= 0.6 is 11.8 Å². The van der Waals surface area contributed by atoms with Crippen LogP contribution in [0.2, 0.25) is 0 Å². The Morgan fingerprint density at radius 1 is 1.15 bits per heavy atom. The number of aliphatic hydroxyl groups excluding tert-OH is 1. The van der Waals surface area contributed by atoms with Crippen molar-refractivity contribution in [3.63, 3.8) is 0 Å². The van der Waals surface area contributed by atoms with E-state index in [-0.39, 0.29) is 6.61 Å². The summed E-state index contributed by atoms with van der Waals surface area (Å²) in [5.41, 5.74) is 2.18. The predicted octanol–water partition coefficient (Wildman–Crippen LogP) is 3.34. The lowest BCUT2D eigenvalue weighted by molar-refractivity contribution is 0.282. The number of thioether (sulfide) groups is 1. The fourth-order valence-electron chi connectivity index (χ4n) is 1.78. The maximum Gasteiger partial charge on any atom is 0.236 e. The number of nitrogens with zero attached hydrogens (tertiary/aromatic N) is 2. The maximum absolute atomic E-state index is 8.98. The van der Waals surface area contributed by atoms with Gasteiger partial charge in [0, 0.05) is 12.2 Å². The van der Waals surface area contributed by atoms with Crippen LogP contribution in [0.3, 0.4) is 0 Å². The maximum atomic E-state index is 8.98. The fourth-order valence-corrected chi connectivity index (χ4v) is 2.60. The van der Waals surface area contributed by atoms with E-state index in [1.54, 1.807) is 11.8 Å². The Kier molecular flexibility index (Phi) is 6.08. The second-order valence-electron chi connectivity index (χ2n) is 4.68. The van der Waals surface area contributed by atoms with Crippen LogP contribution in [0.25, 0.3) is 0 Å². The second-order valence-corrected chi connectivity index (χ2v) is 5.66. The molecule has 108 valence electrons. The zero-order valence-electron chi connectivity index (χ0n) is 11.7. The van der Waals surface area contributed by atoms with Gasteiger partial charge in [-0.2, -0.15) is 4.98 Å². The average Bonchev–Trinajstić information content (AvgIpc) is 2.94. The molecular weight excluding hydrogens is 272 g/mol. The smallest absolute Gasteiger partial charge is 0.236 e. The molecule has 0 aliphatic heterocycles. The van der Waals surface area contributed by atoms with Crippen LogP contribution in [0.5, 0.6) is 0 Å². The Morgan fingerprint density at radius 3 is 2.60 bits per heavy atom. The lowest BCUT2D eigenvalue weighted by Gasteiger charge is -2.01. The minimum Gasteiger partial charge on any atom is -0.392 e. The van der Waals surface area contributed by atoms with E-state index < -0.39 is 0 Å². The lowest BCUT2D eigenvalue weighted by Crippen LogP contribution is -1.89. The first-order valence-corrected chi connectivity index (χ1v) is 8.05. The van der Waals surface area contributed by atoms with Gasteiger partial charge in [-0.15, -0.1) is 11.8 Å². The summed E-state index contributed by atoms with van der Waals surface area (Å²) < 4.78 is 5.22. The monoisotopic (exact) mass is 292 g/mol. The van der Waals surface area contributed by atoms with Crippen LogP contribution < -0.4 is 0 Å². The average molecular weight is 292 g/mol. The highest BCUT2D eigenvalue weighted by Gasteiger charge is 2.06. The summed E-state index contributed by atoms with van der Waals surface area (Å²) in [6.45, 7) is 2.24. The lowest BCUT2D eigenvalue weighted by atomic mass is 10.2. The third-order valence-electron chi connectivity index (χ3n) is 2.96. The van der Waals surface area contributed by atoms with Crippen LogP contribution in [0.4, 0.5) is 0 Å². The molecule has 2 rings (SSSR count). The molecule has 0 fully saturated rings. The summed E-state index contributed by atoms with van der Waals surface area (Å²) in [6, 6.07) is 7.98. The van der Waals surface area contributed by atoms with Crippen LogP contribution in [0.15, 0.2) is 28.8 Å². The highest BCUT2D eigenvalue weighted by molar-refractivity contribution is 7.97. The Hall–Kier alpha value is -1.33. The van der Waals surface area contributed by atoms with Crippen molar-refractivity contribution < 1.29 is 9.63 Å². The van der Waals surface area contributed by atoms with Gasteiger partial charge in [0.2, 0.25) is 5.89 Å². The number of unbranched alkanes of at least 4 members (excludes halogenated alkanes) is 1. The number of hydrogen-bond acceptors (Lipinski definition) is 5. The number of aryl methyl sites for hydroxylation is 1. The second kappa shape index (κ2) is 8.07. The molecule has 1 aromatic heterocycles. The van der Waals surface area contributed by atoms with Crippen molar-refractivity contribution in [3.05, 3.63) is 47.1 Å². The van der Waals surface area contributed by atoms with Crippen molar-refractivity contribution in [2.45, 2.75) is 44.3 Å². The summed E-state index contributed by atoms with van der Waals surface area (Å²) in [5.74, 6) is 3.15. The van der Waals surface area contributed by atoms with E-state index in [0.29, 0.717) is 5.89 Å². The van der Waals surface area contributed by atoms with E-state index >= 15 is 0 Å².